The van der Waals surface area contributed by atoms with E-state index in [4.69, 9.17) is 11.1 Å². The van der Waals surface area contributed by atoms with Crippen LogP contribution in [0.15, 0.2) is 15.7 Å². The third-order valence-corrected chi connectivity index (χ3v) is 7.86. The van der Waals surface area contributed by atoms with Crippen LogP contribution in [0.2, 0.25) is 0 Å². The average Bonchev–Trinajstić information content (AvgIpc) is 3.64. The molecule has 3 aliphatic rings. The quantitative estimate of drug-likeness (QED) is 0.502. The first-order valence-corrected chi connectivity index (χ1v) is 11.4. The summed E-state index contributed by atoms with van der Waals surface area (Å²) in [4.78, 5) is 27.4. The number of aromatic nitrogens is 2. The zero-order valence-electron chi connectivity index (χ0n) is 18.5. The molecular formula is C23H29FN6O2. The Labute approximate surface area is 185 Å². The molecule has 2 heterocycles. The zero-order valence-corrected chi connectivity index (χ0v) is 18.5. The largest absolute Gasteiger partial charge is 0.368 e. The number of fused-ring (bicyclic) bond motifs is 1. The third kappa shape index (κ3) is 3.04. The number of nitrogen functional groups attached to an aromatic ring is 1. The molecule has 9 heteroatoms. The van der Waals surface area contributed by atoms with Gasteiger partial charge in [0.1, 0.15) is 5.82 Å². The molecule has 5 rings (SSSR count). The van der Waals surface area contributed by atoms with Crippen LogP contribution in [0, 0.1) is 35.4 Å². The molecule has 32 heavy (non-hydrogen) atoms. The second-order valence-corrected chi connectivity index (χ2v) is 9.71. The molecule has 1 aliphatic heterocycles. The molecule has 0 amide bonds. The molecule has 170 valence electrons. The van der Waals surface area contributed by atoms with Gasteiger partial charge in [0.15, 0.2) is 0 Å². The minimum Gasteiger partial charge on any atom is -0.368 e. The maximum absolute atomic E-state index is 15.3. The van der Waals surface area contributed by atoms with Gasteiger partial charge in [-0.15, -0.1) is 0 Å². The average molecular weight is 441 g/mol. The topological polar surface area (TPSA) is 109 Å². The molecule has 1 aromatic carbocycles. The zero-order chi connectivity index (χ0) is 22.8. The second-order valence-electron chi connectivity index (χ2n) is 9.71. The highest BCUT2D eigenvalue weighted by Crippen LogP contribution is 2.58. The lowest BCUT2D eigenvalue weighted by Gasteiger charge is -2.48. The van der Waals surface area contributed by atoms with Gasteiger partial charge in [-0.1, -0.05) is 0 Å². The molecule has 1 aromatic heterocycles. The summed E-state index contributed by atoms with van der Waals surface area (Å²) in [6.07, 6.45) is 4.48. The van der Waals surface area contributed by atoms with Gasteiger partial charge in [-0.05, 0) is 51.0 Å². The summed E-state index contributed by atoms with van der Waals surface area (Å²) in [7, 11) is 0. The first kappa shape index (κ1) is 21.0. The van der Waals surface area contributed by atoms with E-state index in [9.17, 15) is 9.59 Å². The monoisotopic (exact) mass is 440 g/mol. The van der Waals surface area contributed by atoms with Crippen molar-refractivity contribution < 1.29 is 4.39 Å². The Balaban J connectivity index is 1.46. The van der Waals surface area contributed by atoms with E-state index in [2.05, 4.69) is 18.3 Å². The summed E-state index contributed by atoms with van der Waals surface area (Å²) in [5, 5.41) is 12.4. The van der Waals surface area contributed by atoms with Crippen molar-refractivity contribution in [3.63, 3.8) is 0 Å². The highest BCUT2D eigenvalue weighted by Gasteiger charge is 2.56. The number of hydrogen-bond donors (Lipinski definition) is 2. The number of nitrogens with two attached hydrogens (primary N) is 1. The van der Waals surface area contributed by atoms with Gasteiger partial charge in [-0.25, -0.2) is 9.18 Å². The fourth-order valence-corrected chi connectivity index (χ4v) is 5.63. The van der Waals surface area contributed by atoms with E-state index in [1.807, 2.05) is 4.90 Å². The summed E-state index contributed by atoms with van der Waals surface area (Å²) in [5.41, 5.74) is 0.628. The Bertz CT molecular complexity index is 1240. The first-order chi connectivity index (χ1) is 15.3. The van der Waals surface area contributed by atoms with Gasteiger partial charge >= 0.3 is 5.69 Å². The van der Waals surface area contributed by atoms with E-state index in [1.165, 1.54) is 6.07 Å². The van der Waals surface area contributed by atoms with Crippen LogP contribution in [0.1, 0.15) is 50.6 Å². The normalized spacial score (nSPS) is 20.8. The molecule has 2 aromatic rings. The summed E-state index contributed by atoms with van der Waals surface area (Å²) < 4.78 is 17.4. The van der Waals surface area contributed by atoms with Crippen molar-refractivity contribution >= 4 is 16.6 Å². The first-order valence-electron chi connectivity index (χ1n) is 11.4. The van der Waals surface area contributed by atoms with Crippen molar-refractivity contribution in [3.05, 3.63) is 38.3 Å². The standard InChI is InChI=1S/C23H29FN6O2/c1-13-19-17(21(31)30(26)22(32)29(19)16-4-5-16)10-18(24)20(13)28-11-15(12-28)23(6-7-23)14(2)27-9-3-8-25/h10,14-16,27H,3-7,9,11-12,26H2,1-2H3. The van der Waals surface area contributed by atoms with Gasteiger partial charge in [0.25, 0.3) is 5.56 Å². The van der Waals surface area contributed by atoms with Crippen LogP contribution in [0.4, 0.5) is 10.1 Å². The van der Waals surface area contributed by atoms with Crippen LogP contribution >= 0.6 is 0 Å². The highest BCUT2D eigenvalue weighted by atomic mass is 19.1. The van der Waals surface area contributed by atoms with E-state index in [1.54, 1.807) is 11.5 Å². The Kier molecular flexibility index (Phi) is 4.82. The molecule has 8 nitrogen and oxygen atoms in total. The van der Waals surface area contributed by atoms with E-state index in [0.717, 1.165) is 38.8 Å². The van der Waals surface area contributed by atoms with Crippen LogP contribution in [0.25, 0.3) is 10.9 Å². The summed E-state index contributed by atoms with van der Waals surface area (Å²) >= 11 is 0. The number of nitrogens with one attached hydrogen (secondary N) is 1. The number of nitriles is 1. The number of hydrogen-bond acceptors (Lipinski definition) is 6. The summed E-state index contributed by atoms with van der Waals surface area (Å²) in [6, 6.07) is 3.74. The molecule has 0 spiro atoms. The number of aryl methyl sites for hydroxylation is 1. The van der Waals surface area contributed by atoms with Crippen molar-refractivity contribution in [3.8, 4) is 6.07 Å². The molecular weight excluding hydrogens is 411 g/mol. The van der Waals surface area contributed by atoms with Crippen LogP contribution in [0.5, 0.6) is 0 Å². The van der Waals surface area contributed by atoms with Crippen LogP contribution in [0.3, 0.4) is 0 Å². The molecule has 1 saturated heterocycles. The Morgan fingerprint density at radius 1 is 1.34 bits per heavy atom. The Morgan fingerprint density at radius 2 is 2.03 bits per heavy atom. The number of anilines is 1. The van der Waals surface area contributed by atoms with Crippen molar-refractivity contribution in [2.45, 2.75) is 58.0 Å². The molecule has 2 aliphatic carbocycles. The van der Waals surface area contributed by atoms with Crippen molar-refractivity contribution in [1.29, 1.82) is 5.26 Å². The number of benzene rings is 1. The van der Waals surface area contributed by atoms with Crippen LogP contribution in [-0.2, 0) is 0 Å². The lowest BCUT2D eigenvalue weighted by molar-refractivity contribution is 0.194. The van der Waals surface area contributed by atoms with Crippen molar-refractivity contribution in [2.75, 3.05) is 30.4 Å². The summed E-state index contributed by atoms with van der Waals surface area (Å²) in [6.45, 7) is 6.16. The fraction of sp³-hybridized carbons (Fsp3) is 0.609. The van der Waals surface area contributed by atoms with E-state index < -0.39 is 17.1 Å². The van der Waals surface area contributed by atoms with E-state index >= 15 is 4.39 Å². The Morgan fingerprint density at radius 3 is 2.62 bits per heavy atom. The number of rotatable bonds is 7. The minimum absolute atomic E-state index is 0.0108. The predicted molar refractivity (Wildman–Crippen MR) is 121 cm³/mol. The predicted octanol–water partition coefficient (Wildman–Crippen LogP) is 1.77. The maximum Gasteiger partial charge on any atom is 0.350 e. The van der Waals surface area contributed by atoms with Gasteiger partial charge in [0, 0.05) is 49.6 Å². The Hall–Kier alpha value is -2.86. The van der Waals surface area contributed by atoms with Crippen LogP contribution < -0.4 is 27.3 Å². The third-order valence-electron chi connectivity index (χ3n) is 7.86. The molecule has 0 bridgehead atoms. The maximum atomic E-state index is 15.3. The molecule has 2 saturated carbocycles. The smallest absolute Gasteiger partial charge is 0.350 e. The highest BCUT2D eigenvalue weighted by molar-refractivity contribution is 5.87. The van der Waals surface area contributed by atoms with Crippen molar-refractivity contribution in [2.24, 2.45) is 11.3 Å². The molecule has 3 N–H and O–H groups in total. The minimum atomic E-state index is -0.661. The number of halogens is 1. The molecule has 0 radical (unpaired) electrons. The lowest BCUT2D eigenvalue weighted by atomic mass is 9.77. The van der Waals surface area contributed by atoms with Gasteiger partial charge in [-0.2, -0.15) is 9.94 Å². The molecule has 3 fully saturated rings. The van der Waals surface area contributed by atoms with Gasteiger partial charge < -0.3 is 16.1 Å². The fourth-order valence-electron chi connectivity index (χ4n) is 5.63. The molecule has 1 atom stereocenters. The summed E-state index contributed by atoms with van der Waals surface area (Å²) in [5.74, 6) is 5.71. The van der Waals surface area contributed by atoms with Gasteiger partial charge in [0.2, 0.25) is 0 Å². The van der Waals surface area contributed by atoms with E-state index in [-0.39, 0.29) is 16.8 Å². The van der Waals surface area contributed by atoms with E-state index in [0.29, 0.717) is 46.4 Å². The van der Waals surface area contributed by atoms with Crippen molar-refractivity contribution in [1.82, 2.24) is 14.6 Å². The van der Waals surface area contributed by atoms with Gasteiger partial charge in [-0.3, -0.25) is 9.36 Å². The lowest BCUT2D eigenvalue weighted by Crippen LogP contribution is -2.56. The number of nitrogens with zero attached hydrogens (tertiary/aromatic N) is 4. The molecule has 1 unspecified atom stereocenters. The SMILES string of the molecule is Cc1c(N2CC(C3(C(C)NCCC#N)CC3)C2)c(F)cc2c(=O)n(N)c(=O)n(C3CC3)c12. The second kappa shape index (κ2) is 7.34. The van der Waals surface area contributed by atoms with Crippen LogP contribution in [-0.4, -0.2) is 34.9 Å². The van der Waals surface area contributed by atoms with Gasteiger partial charge in [0.05, 0.1) is 22.7 Å².